The number of rotatable bonds is 5. The van der Waals surface area contributed by atoms with Crippen LogP contribution >= 0.6 is 0 Å². The van der Waals surface area contributed by atoms with Gasteiger partial charge >= 0.3 is 5.97 Å². The summed E-state index contributed by atoms with van der Waals surface area (Å²) in [7, 11) is 0. The van der Waals surface area contributed by atoms with Crippen LogP contribution in [0.1, 0.15) is 19.3 Å². The second-order valence-electron chi connectivity index (χ2n) is 4.53. The van der Waals surface area contributed by atoms with Gasteiger partial charge in [0, 0.05) is 18.3 Å². The van der Waals surface area contributed by atoms with Crippen LogP contribution in [0.25, 0.3) is 0 Å². The molecule has 1 aliphatic carbocycles. The van der Waals surface area contributed by atoms with E-state index in [1.165, 1.54) is 0 Å². The molecule has 2 unspecified atom stereocenters. The fourth-order valence-corrected chi connectivity index (χ4v) is 2.42. The lowest BCUT2D eigenvalue weighted by molar-refractivity contribution is -0.145. The lowest BCUT2D eigenvalue weighted by Gasteiger charge is -2.43. The van der Waals surface area contributed by atoms with Crippen molar-refractivity contribution in [2.24, 2.45) is 5.92 Å². The molecule has 0 spiro atoms. The largest absolute Gasteiger partial charge is 0.481 e. The lowest BCUT2D eigenvalue weighted by atomic mass is 9.78. The smallest absolute Gasteiger partial charge is 0.308 e. The third-order valence-corrected chi connectivity index (χ3v) is 3.51. The molecule has 1 saturated carbocycles. The molecule has 0 aliphatic heterocycles. The van der Waals surface area contributed by atoms with Gasteiger partial charge < -0.3 is 10.0 Å². The zero-order chi connectivity index (χ0) is 13.0. The molecule has 0 aromatic heterocycles. The molecule has 1 fully saturated rings. The van der Waals surface area contributed by atoms with Gasteiger partial charge in [-0.2, -0.15) is 5.26 Å². The first kappa shape index (κ1) is 12.4. The summed E-state index contributed by atoms with van der Waals surface area (Å²) in [6.07, 6.45) is 2.03. The highest BCUT2D eigenvalue weighted by atomic mass is 16.4. The molecule has 1 N–H and O–H groups in total. The Balaban J connectivity index is 2.16. The first-order valence-corrected chi connectivity index (χ1v) is 6.15. The highest BCUT2D eigenvalue weighted by molar-refractivity contribution is 5.73. The summed E-state index contributed by atoms with van der Waals surface area (Å²) in [5, 5.41) is 17.8. The van der Waals surface area contributed by atoms with Crippen LogP contribution in [-0.4, -0.2) is 23.7 Å². The molecule has 4 nitrogen and oxygen atoms in total. The SMILES string of the molecule is N#CCCN(c1ccccc1)C1CCC1C(=O)O. The Morgan fingerprint density at radius 3 is 2.61 bits per heavy atom. The highest BCUT2D eigenvalue weighted by Crippen LogP contribution is 2.35. The Labute approximate surface area is 106 Å². The van der Waals surface area contributed by atoms with Crippen molar-refractivity contribution in [1.29, 1.82) is 5.26 Å². The van der Waals surface area contributed by atoms with E-state index in [1.54, 1.807) is 0 Å². The maximum absolute atomic E-state index is 11.1. The number of nitriles is 1. The van der Waals surface area contributed by atoms with Gasteiger partial charge in [0.15, 0.2) is 0 Å². The van der Waals surface area contributed by atoms with E-state index >= 15 is 0 Å². The van der Waals surface area contributed by atoms with Gasteiger partial charge in [0.05, 0.1) is 18.4 Å². The average molecular weight is 244 g/mol. The molecule has 2 rings (SSSR count). The summed E-state index contributed by atoms with van der Waals surface area (Å²) >= 11 is 0. The average Bonchev–Trinajstić information content (AvgIpc) is 2.33. The van der Waals surface area contributed by atoms with Gasteiger partial charge in [0.25, 0.3) is 0 Å². The van der Waals surface area contributed by atoms with Gasteiger partial charge in [-0.3, -0.25) is 4.79 Å². The first-order valence-electron chi connectivity index (χ1n) is 6.15. The zero-order valence-electron chi connectivity index (χ0n) is 10.1. The normalized spacial score (nSPS) is 21.7. The molecular formula is C14H16N2O2. The minimum atomic E-state index is -0.732. The number of nitrogens with zero attached hydrogens (tertiary/aromatic N) is 2. The van der Waals surface area contributed by atoms with E-state index in [0.717, 1.165) is 18.5 Å². The number of para-hydroxylation sites is 1. The van der Waals surface area contributed by atoms with Crippen LogP contribution in [0.4, 0.5) is 5.69 Å². The zero-order valence-corrected chi connectivity index (χ0v) is 10.1. The Kier molecular flexibility index (Phi) is 3.83. The summed E-state index contributed by atoms with van der Waals surface area (Å²) < 4.78 is 0. The number of hydrogen-bond acceptors (Lipinski definition) is 3. The van der Waals surface area contributed by atoms with Crippen molar-refractivity contribution in [2.75, 3.05) is 11.4 Å². The Bertz CT molecular complexity index is 453. The molecule has 1 aliphatic rings. The van der Waals surface area contributed by atoms with E-state index in [1.807, 2.05) is 30.3 Å². The van der Waals surface area contributed by atoms with Gasteiger partial charge in [-0.1, -0.05) is 18.2 Å². The monoisotopic (exact) mass is 244 g/mol. The first-order chi connectivity index (χ1) is 8.74. The molecule has 1 aromatic carbocycles. The maximum atomic E-state index is 11.1. The van der Waals surface area contributed by atoms with Crippen molar-refractivity contribution in [3.63, 3.8) is 0 Å². The second-order valence-corrected chi connectivity index (χ2v) is 4.53. The molecular weight excluding hydrogens is 228 g/mol. The number of benzene rings is 1. The standard InChI is InChI=1S/C14H16N2O2/c15-9-4-10-16(11-5-2-1-3-6-11)13-8-7-12(13)14(17)18/h1-3,5-6,12-13H,4,7-8,10H2,(H,17,18). The minimum Gasteiger partial charge on any atom is -0.481 e. The Morgan fingerprint density at radius 2 is 2.11 bits per heavy atom. The van der Waals surface area contributed by atoms with Crippen molar-refractivity contribution in [3.05, 3.63) is 30.3 Å². The second kappa shape index (κ2) is 5.54. The van der Waals surface area contributed by atoms with E-state index in [0.29, 0.717) is 13.0 Å². The third-order valence-electron chi connectivity index (χ3n) is 3.51. The Hall–Kier alpha value is -2.02. The van der Waals surface area contributed by atoms with E-state index in [4.69, 9.17) is 10.4 Å². The van der Waals surface area contributed by atoms with Crippen molar-refractivity contribution >= 4 is 11.7 Å². The Morgan fingerprint density at radius 1 is 1.39 bits per heavy atom. The van der Waals surface area contributed by atoms with Crippen LogP contribution in [-0.2, 0) is 4.79 Å². The van der Waals surface area contributed by atoms with Gasteiger partial charge in [-0.25, -0.2) is 0 Å². The van der Waals surface area contributed by atoms with Crippen LogP contribution in [0, 0.1) is 17.2 Å². The number of carboxylic acids is 1. The quantitative estimate of drug-likeness (QED) is 0.863. The molecule has 0 bridgehead atoms. The summed E-state index contributed by atoms with van der Waals surface area (Å²) in [6, 6.07) is 11.9. The number of carboxylic acid groups (broad SMARTS) is 1. The number of aliphatic carboxylic acids is 1. The molecule has 18 heavy (non-hydrogen) atoms. The van der Waals surface area contributed by atoms with E-state index in [2.05, 4.69) is 11.0 Å². The predicted molar refractivity (Wildman–Crippen MR) is 68.2 cm³/mol. The molecule has 2 atom stereocenters. The van der Waals surface area contributed by atoms with Crippen molar-refractivity contribution < 1.29 is 9.90 Å². The van der Waals surface area contributed by atoms with Crippen LogP contribution in [0.3, 0.4) is 0 Å². The number of anilines is 1. The number of carbonyl (C=O) groups is 1. The van der Waals surface area contributed by atoms with Crippen LogP contribution in [0.5, 0.6) is 0 Å². The van der Waals surface area contributed by atoms with Gasteiger partial charge in [0.1, 0.15) is 0 Å². The van der Waals surface area contributed by atoms with E-state index in [9.17, 15) is 4.79 Å². The summed E-state index contributed by atoms with van der Waals surface area (Å²) in [6.45, 7) is 0.592. The molecule has 1 aromatic rings. The molecule has 0 amide bonds. The third kappa shape index (κ3) is 2.45. The van der Waals surface area contributed by atoms with Crippen molar-refractivity contribution in [2.45, 2.75) is 25.3 Å². The molecule has 0 radical (unpaired) electrons. The molecule has 0 heterocycles. The molecule has 94 valence electrons. The lowest BCUT2D eigenvalue weighted by Crippen LogP contribution is -2.50. The van der Waals surface area contributed by atoms with Crippen molar-refractivity contribution in [1.82, 2.24) is 0 Å². The predicted octanol–water partition coefficient (Wildman–Crippen LogP) is 2.27. The van der Waals surface area contributed by atoms with Crippen LogP contribution < -0.4 is 4.90 Å². The van der Waals surface area contributed by atoms with Gasteiger partial charge in [0.2, 0.25) is 0 Å². The summed E-state index contributed by atoms with van der Waals surface area (Å²) in [4.78, 5) is 13.2. The van der Waals surface area contributed by atoms with Crippen LogP contribution in [0.2, 0.25) is 0 Å². The maximum Gasteiger partial charge on any atom is 0.308 e. The number of hydrogen-bond donors (Lipinski definition) is 1. The summed E-state index contributed by atoms with van der Waals surface area (Å²) in [5.41, 5.74) is 1.00. The van der Waals surface area contributed by atoms with E-state index < -0.39 is 5.97 Å². The van der Waals surface area contributed by atoms with Crippen LogP contribution in [0.15, 0.2) is 30.3 Å². The van der Waals surface area contributed by atoms with Crippen molar-refractivity contribution in [3.8, 4) is 6.07 Å². The van der Waals surface area contributed by atoms with Gasteiger partial charge in [-0.05, 0) is 25.0 Å². The summed E-state index contributed by atoms with van der Waals surface area (Å²) in [5.74, 6) is -1.03. The van der Waals surface area contributed by atoms with E-state index in [-0.39, 0.29) is 12.0 Å². The molecule has 4 heteroatoms. The van der Waals surface area contributed by atoms with Gasteiger partial charge in [-0.15, -0.1) is 0 Å². The fraction of sp³-hybridized carbons (Fsp3) is 0.429. The molecule has 0 saturated heterocycles. The topological polar surface area (TPSA) is 64.3 Å². The minimum absolute atomic E-state index is 0.0262. The fourth-order valence-electron chi connectivity index (χ4n) is 2.42. The highest BCUT2D eigenvalue weighted by Gasteiger charge is 2.40.